The molecule has 6 heteroatoms. The number of benzene rings is 1. The summed E-state index contributed by atoms with van der Waals surface area (Å²) in [6.07, 6.45) is -0.533. The van der Waals surface area contributed by atoms with Gasteiger partial charge in [-0.25, -0.2) is 10.2 Å². The molecule has 4 N–H and O–H groups in total. The van der Waals surface area contributed by atoms with Gasteiger partial charge in [-0.3, -0.25) is 4.90 Å². The van der Waals surface area contributed by atoms with Gasteiger partial charge in [-0.05, 0) is 5.56 Å². The lowest BCUT2D eigenvalue weighted by molar-refractivity contribution is 0.104. The zero-order valence-electron chi connectivity index (χ0n) is 10.4. The minimum atomic E-state index is -0.313. The predicted octanol–water partition coefficient (Wildman–Crippen LogP) is 0.286. The van der Waals surface area contributed by atoms with Gasteiger partial charge in [-0.2, -0.15) is 0 Å². The van der Waals surface area contributed by atoms with Crippen molar-refractivity contribution in [3.05, 3.63) is 47.2 Å². The third-order valence-electron chi connectivity index (χ3n) is 3.32. The number of nitrogens with two attached hydrogens (primary N) is 1. The van der Waals surface area contributed by atoms with Crippen LogP contribution in [0.25, 0.3) is 0 Å². The molecule has 0 saturated heterocycles. The molecule has 6 nitrogen and oxygen atoms in total. The van der Waals surface area contributed by atoms with E-state index in [2.05, 4.69) is 10.9 Å². The van der Waals surface area contributed by atoms with Crippen LogP contribution in [0.3, 0.4) is 0 Å². The summed E-state index contributed by atoms with van der Waals surface area (Å²) in [5.74, 6) is 0. The molecule has 3 rings (SSSR count). The fraction of sp³-hybridized carbons (Fsp3) is 0.308. The first kappa shape index (κ1) is 12.0. The molecule has 2 aliphatic heterocycles. The monoisotopic (exact) mass is 260 g/mol. The predicted molar refractivity (Wildman–Crippen MR) is 69.5 cm³/mol. The van der Waals surface area contributed by atoms with E-state index < -0.39 is 0 Å². The highest BCUT2D eigenvalue weighted by atomic mass is 16.6. The molecule has 0 spiro atoms. The van der Waals surface area contributed by atoms with Crippen molar-refractivity contribution in [3.63, 3.8) is 0 Å². The number of rotatable bonds is 2. The van der Waals surface area contributed by atoms with Crippen LogP contribution >= 0.6 is 0 Å². The summed E-state index contributed by atoms with van der Waals surface area (Å²) < 4.78 is 5.28. The summed E-state index contributed by atoms with van der Waals surface area (Å²) >= 11 is 0. The van der Waals surface area contributed by atoms with E-state index in [4.69, 9.17) is 10.5 Å². The van der Waals surface area contributed by atoms with E-state index in [0.29, 0.717) is 19.7 Å². The number of carbonyl (C=O) groups is 1. The Morgan fingerprint density at radius 3 is 2.89 bits per heavy atom. The molecule has 1 unspecified atom stereocenters. The van der Waals surface area contributed by atoms with Crippen LogP contribution in [0.1, 0.15) is 5.56 Å². The maximum absolute atomic E-state index is 11.9. The lowest BCUT2D eigenvalue weighted by Crippen LogP contribution is -2.44. The van der Waals surface area contributed by atoms with Gasteiger partial charge >= 0.3 is 6.09 Å². The largest absolute Gasteiger partial charge is 0.445 e. The second-order valence-electron chi connectivity index (χ2n) is 4.65. The van der Waals surface area contributed by atoms with E-state index in [0.717, 1.165) is 16.8 Å². The van der Waals surface area contributed by atoms with Crippen molar-refractivity contribution >= 4 is 6.09 Å². The zero-order valence-corrected chi connectivity index (χ0v) is 10.4. The molecule has 1 amide bonds. The standard InChI is InChI=1S/C13H16N4O2/c14-12-10-6-17(7-11(10)15-16-12)13(18)19-8-9-4-2-1-3-5-9/h1-5,12,15-16H,6-8,14H2. The Kier molecular flexibility index (Phi) is 3.10. The van der Waals surface area contributed by atoms with Crippen molar-refractivity contribution in [2.24, 2.45) is 5.73 Å². The molecule has 0 saturated carbocycles. The highest BCUT2D eigenvalue weighted by Gasteiger charge is 2.33. The number of nitrogens with zero attached hydrogens (tertiary/aromatic N) is 1. The molecule has 0 aromatic heterocycles. The van der Waals surface area contributed by atoms with Crippen molar-refractivity contribution in [1.29, 1.82) is 0 Å². The normalized spacial score (nSPS) is 21.3. The molecule has 0 aliphatic carbocycles. The summed E-state index contributed by atoms with van der Waals surface area (Å²) in [7, 11) is 0. The molecule has 1 aromatic carbocycles. The Bertz CT molecular complexity index is 515. The van der Waals surface area contributed by atoms with E-state index >= 15 is 0 Å². The molecule has 1 aromatic rings. The SMILES string of the molecule is NC1NNC2=C1CN(C(=O)OCc1ccccc1)C2. The molecule has 100 valence electrons. The molecule has 2 aliphatic rings. The Morgan fingerprint density at radius 2 is 2.16 bits per heavy atom. The van der Waals surface area contributed by atoms with Crippen LogP contribution in [0.4, 0.5) is 4.79 Å². The van der Waals surface area contributed by atoms with Crippen LogP contribution in [0, 0.1) is 0 Å². The molecule has 0 fully saturated rings. The molecule has 19 heavy (non-hydrogen) atoms. The maximum atomic E-state index is 11.9. The summed E-state index contributed by atoms with van der Waals surface area (Å²) in [4.78, 5) is 13.6. The molecule has 0 radical (unpaired) electrons. The molecule has 0 bridgehead atoms. The van der Waals surface area contributed by atoms with Crippen molar-refractivity contribution < 1.29 is 9.53 Å². The number of amides is 1. The minimum Gasteiger partial charge on any atom is -0.445 e. The zero-order chi connectivity index (χ0) is 13.2. The number of hydrogen-bond donors (Lipinski definition) is 3. The lowest BCUT2D eigenvalue weighted by Gasteiger charge is -2.19. The van der Waals surface area contributed by atoms with Gasteiger partial charge in [0.1, 0.15) is 6.61 Å². The highest BCUT2D eigenvalue weighted by Crippen LogP contribution is 2.20. The Labute approximate surface area is 111 Å². The van der Waals surface area contributed by atoms with E-state index in [-0.39, 0.29) is 12.3 Å². The first-order valence-electron chi connectivity index (χ1n) is 6.19. The van der Waals surface area contributed by atoms with Crippen LogP contribution in [-0.2, 0) is 11.3 Å². The van der Waals surface area contributed by atoms with Gasteiger partial charge in [0, 0.05) is 11.3 Å². The van der Waals surface area contributed by atoms with Gasteiger partial charge in [0.25, 0.3) is 0 Å². The van der Waals surface area contributed by atoms with Crippen molar-refractivity contribution in [1.82, 2.24) is 15.8 Å². The number of hydrazine groups is 1. The van der Waals surface area contributed by atoms with E-state index in [9.17, 15) is 4.79 Å². The third-order valence-corrected chi connectivity index (χ3v) is 3.32. The van der Waals surface area contributed by atoms with Gasteiger partial charge in [0.05, 0.1) is 19.3 Å². The number of hydrogen-bond acceptors (Lipinski definition) is 5. The molecular formula is C13H16N4O2. The van der Waals surface area contributed by atoms with Crippen LogP contribution < -0.4 is 16.6 Å². The summed E-state index contributed by atoms with van der Waals surface area (Å²) in [5.41, 5.74) is 14.7. The average Bonchev–Trinajstić information content (AvgIpc) is 3.00. The van der Waals surface area contributed by atoms with Gasteiger partial charge in [0.15, 0.2) is 0 Å². The van der Waals surface area contributed by atoms with E-state index in [1.165, 1.54) is 0 Å². The number of carbonyl (C=O) groups excluding carboxylic acids is 1. The van der Waals surface area contributed by atoms with E-state index in [1.54, 1.807) is 4.90 Å². The highest BCUT2D eigenvalue weighted by molar-refractivity contribution is 5.69. The van der Waals surface area contributed by atoms with Crippen LogP contribution in [0.2, 0.25) is 0 Å². The molecular weight excluding hydrogens is 244 g/mol. The quantitative estimate of drug-likeness (QED) is 0.712. The van der Waals surface area contributed by atoms with Gasteiger partial charge in [-0.1, -0.05) is 30.3 Å². The molecule has 2 heterocycles. The number of ether oxygens (including phenoxy) is 1. The first-order valence-corrected chi connectivity index (χ1v) is 6.19. The lowest BCUT2D eigenvalue weighted by atomic mass is 10.2. The average molecular weight is 260 g/mol. The summed E-state index contributed by atoms with van der Waals surface area (Å²) in [6.45, 7) is 1.33. The smallest absolute Gasteiger partial charge is 0.410 e. The maximum Gasteiger partial charge on any atom is 0.410 e. The summed E-state index contributed by atoms with van der Waals surface area (Å²) in [5, 5.41) is 0. The number of nitrogens with one attached hydrogen (secondary N) is 2. The van der Waals surface area contributed by atoms with Crippen LogP contribution in [-0.4, -0.2) is 30.2 Å². The van der Waals surface area contributed by atoms with Crippen molar-refractivity contribution in [2.75, 3.05) is 13.1 Å². The second-order valence-corrected chi connectivity index (χ2v) is 4.65. The Morgan fingerprint density at radius 1 is 1.37 bits per heavy atom. The van der Waals surface area contributed by atoms with Gasteiger partial charge in [0.2, 0.25) is 0 Å². The Balaban J connectivity index is 1.53. The van der Waals surface area contributed by atoms with Crippen molar-refractivity contribution in [2.45, 2.75) is 12.8 Å². The fourth-order valence-electron chi connectivity index (χ4n) is 2.25. The summed E-state index contributed by atoms with van der Waals surface area (Å²) in [6, 6.07) is 9.63. The Hall–Kier alpha value is -2.05. The van der Waals surface area contributed by atoms with Gasteiger partial charge < -0.3 is 15.9 Å². The van der Waals surface area contributed by atoms with Crippen molar-refractivity contribution in [3.8, 4) is 0 Å². The van der Waals surface area contributed by atoms with E-state index in [1.807, 2.05) is 30.3 Å². The second kappa shape index (κ2) is 4.91. The third kappa shape index (κ3) is 2.40. The van der Waals surface area contributed by atoms with Gasteiger partial charge in [-0.15, -0.1) is 0 Å². The minimum absolute atomic E-state index is 0.220. The topological polar surface area (TPSA) is 79.6 Å². The first-order chi connectivity index (χ1) is 9.24. The fourth-order valence-corrected chi connectivity index (χ4v) is 2.25. The van der Waals surface area contributed by atoms with Crippen LogP contribution in [0.15, 0.2) is 41.6 Å². The van der Waals surface area contributed by atoms with Crippen LogP contribution in [0.5, 0.6) is 0 Å². The molecule has 1 atom stereocenters.